The minimum atomic E-state index is -1.59. The number of amides is 4. The number of nitrogens with zero attached hydrogens (tertiary/aromatic N) is 1. The van der Waals surface area contributed by atoms with Crippen molar-refractivity contribution in [3.8, 4) is 0 Å². The standard InChI is InChI=1S/C17H30N8O9/c18-8(7-26)14(32)25-10(4-12(28)29)16(34)22-5-11(27)24-9(2-1-3-21-17(19)20)15(33)23-6-13(30)31/h8-10,26H,1-7,18H2,(H,22,34)(H,23,33)(H,24,27)(H,25,32)(H,28,29)(H,30,31)(H4,19,20,21)/t8-,9-,10+/m0/s1. The van der Waals surface area contributed by atoms with E-state index in [1.54, 1.807) is 0 Å². The zero-order valence-corrected chi connectivity index (χ0v) is 18.2. The minimum Gasteiger partial charge on any atom is -0.481 e. The van der Waals surface area contributed by atoms with Crippen molar-refractivity contribution in [1.29, 1.82) is 0 Å². The normalized spacial score (nSPS) is 12.9. The number of carboxylic acids is 2. The third kappa shape index (κ3) is 13.4. The summed E-state index contributed by atoms with van der Waals surface area (Å²) in [5.74, 6) is -6.60. The van der Waals surface area contributed by atoms with Gasteiger partial charge < -0.3 is 53.8 Å². The summed E-state index contributed by atoms with van der Waals surface area (Å²) in [7, 11) is 0. The Labute approximate surface area is 193 Å². The summed E-state index contributed by atoms with van der Waals surface area (Å²) in [6.45, 7) is -2.01. The fourth-order valence-corrected chi connectivity index (χ4v) is 2.34. The fraction of sp³-hybridized carbons (Fsp3) is 0.588. The number of hydrogen-bond acceptors (Lipinski definition) is 9. The average molecular weight is 490 g/mol. The third-order valence-corrected chi connectivity index (χ3v) is 3.98. The highest BCUT2D eigenvalue weighted by atomic mass is 16.4. The molecule has 0 saturated heterocycles. The summed E-state index contributed by atoms with van der Waals surface area (Å²) in [4.78, 5) is 73.7. The number of rotatable bonds is 16. The van der Waals surface area contributed by atoms with Crippen molar-refractivity contribution >= 4 is 41.5 Å². The Morgan fingerprint density at radius 1 is 0.824 bits per heavy atom. The molecular weight excluding hydrogens is 460 g/mol. The fourth-order valence-electron chi connectivity index (χ4n) is 2.34. The molecule has 17 nitrogen and oxygen atoms in total. The van der Waals surface area contributed by atoms with Crippen LogP contribution in [-0.2, 0) is 28.8 Å². The molecule has 0 fully saturated rings. The maximum Gasteiger partial charge on any atom is 0.322 e. The van der Waals surface area contributed by atoms with Crippen LogP contribution in [0, 0.1) is 0 Å². The third-order valence-electron chi connectivity index (χ3n) is 3.98. The molecule has 0 unspecified atom stereocenters. The van der Waals surface area contributed by atoms with E-state index in [2.05, 4.69) is 26.3 Å². The molecule has 0 saturated carbocycles. The number of guanidine groups is 1. The summed E-state index contributed by atoms with van der Waals surface area (Å²) >= 11 is 0. The van der Waals surface area contributed by atoms with E-state index in [4.69, 9.17) is 32.5 Å². The number of carboxylic acid groups (broad SMARTS) is 2. The lowest BCUT2D eigenvalue weighted by Gasteiger charge is -2.20. The van der Waals surface area contributed by atoms with Gasteiger partial charge in [0, 0.05) is 6.54 Å². The second kappa shape index (κ2) is 15.8. The first-order chi connectivity index (χ1) is 15.9. The van der Waals surface area contributed by atoms with Crippen molar-refractivity contribution in [3.63, 3.8) is 0 Å². The smallest absolute Gasteiger partial charge is 0.322 e. The molecule has 34 heavy (non-hydrogen) atoms. The first-order valence-electron chi connectivity index (χ1n) is 9.87. The van der Waals surface area contributed by atoms with E-state index < -0.39 is 79.8 Å². The van der Waals surface area contributed by atoms with Crippen molar-refractivity contribution in [2.45, 2.75) is 37.4 Å². The largest absolute Gasteiger partial charge is 0.481 e. The Hall–Kier alpha value is -3.99. The van der Waals surface area contributed by atoms with Crippen LogP contribution in [0.15, 0.2) is 4.99 Å². The van der Waals surface area contributed by atoms with E-state index in [1.807, 2.05) is 0 Å². The average Bonchev–Trinajstić information content (AvgIpc) is 2.75. The first kappa shape index (κ1) is 30.0. The van der Waals surface area contributed by atoms with Crippen LogP contribution in [0.25, 0.3) is 0 Å². The highest BCUT2D eigenvalue weighted by Crippen LogP contribution is 1.99. The van der Waals surface area contributed by atoms with Gasteiger partial charge in [0.1, 0.15) is 24.7 Å². The number of nitrogens with one attached hydrogen (secondary N) is 4. The van der Waals surface area contributed by atoms with Crippen LogP contribution in [0.3, 0.4) is 0 Å². The van der Waals surface area contributed by atoms with Gasteiger partial charge in [-0.25, -0.2) is 0 Å². The molecule has 0 bridgehead atoms. The van der Waals surface area contributed by atoms with E-state index in [0.29, 0.717) is 0 Å². The van der Waals surface area contributed by atoms with Gasteiger partial charge in [0.25, 0.3) is 0 Å². The molecular formula is C17H30N8O9. The molecule has 0 aliphatic rings. The highest BCUT2D eigenvalue weighted by molar-refractivity contribution is 5.95. The Kier molecular flexibility index (Phi) is 13.9. The summed E-state index contributed by atoms with van der Waals surface area (Å²) < 4.78 is 0. The number of nitrogens with two attached hydrogens (primary N) is 3. The molecule has 0 aromatic heterocycles. The highest BCUT2D eigenvalue weighted by Gasteiger charge is 2.27. The zero-order chi connectivity index (χ0) is 26.3. The van der Waals surface area contributed by atoms with Crippen LogP contribution in [0.5, 0.6) is 0 Å². The van der Waals surface area contributed by atoms with E-state index in [1.165, 1.54) is 0 Å². The second-order valence-electron chi connectivity index (χ2n) is 6.85. The molecule has 0 rings (SSSR count). The van der Waals surface area contributed by atoms with Crippen LogP contribution in [-0.4, -0.2) is 101 Å². The monoisotopic (exact) mass is 490 g/mol. The Morgan fingerprint density at radius 2 is 1.41 bits per heavy atom. The van der Waals surface area contributed by atoms with Gasteiger partial charge in [-0.1, -0.05) is 0 Å². The lowest BCUT2D eigenvalue weighted by molar-refractivity contribution is -0.141. The van der Waals surface area contributed by atoms with Crippen LogP contribution >= 0.6 is 0 Å². The number of aliphatic imine (C=N–C) groups is 1. The molecule has 0 aliphatic heterocycles. The van der Waals surface area contributed by atoms with Gasteiger partial charge in [0.05, 0.1) is 19.6 Å². The summed E-state index contributed by atoms with van der Waals surface area (Å²) in [5, 5.41) is 35.1. The van der Waals surface area contributed by atoms with Gasteiger partial charge in [-0.3, -0.25) is 33.8 Å². The molecule has 17 heteroatoms. The van der Waals surface area contributed by atoms with E-state index in [9.17, 15) is 28.8 Å². The zero-order valence-electron chi connectivity index (χ0n) is 18.2. The van der Waals surface area contributed by atoms with Gasteiger partial charge in [-0.2, -0.15) is 0 Å². The Bertz CT molecular complexity index is 785. The Morgan fingerprint density at radius 3 is 1.94 bits per heavy atom. The topological polar surface area (TPSA) is 302 Å². The molecule has 192 valence electrons. The minimum absolute atomic E-state index is 0.0265. The number of carbonyl (C=O) groups is 6. The lowest BCUT2D eigenvalue weighted by Crippen LogP contribution is -2.55. The van der Waals surface area contributed by atoms with Crippen LogP contribution in [0.4, 0.5) is 0 Å². The number of aliphatic carboxylic acids is 2. The van der Waals surface area contributed by atoms with Crippen molar-refractivity contribution in [3.05, 3.63) is 0 Å². The number of aliphatic hydroxyl groups is 1. The van der Waals surface area contributed by atoms with Crippen LogP contribution in [0.2, 0.25) is 0 Å². The summed E-state index contributed by atoms with van der Waals surface area (Å²) in [6, 6.07) is -4.17. The van der Waals surface area contributed by atoms with Crippen LogP contribution in [0.1, 0.15) is 19.3 Å². The van der Waals surface area contributed by atoms with Crippen molar-refractivity contribution in [2.24, 2.45) is 22.2 Å². The van der Waals surface area contributed by atoms with E-state index in [-0.39, 0.29) is 25.3 Å². The predicted molar refractivity (Wildman–Crippen MR) is 115 cm³/mol. The molecule has 0 radical (unpaired) electrons. The molecule has 0 spiro atoms. The van der Waals surface area contributed by atoms with E-state index in [0.717, 1.165) is 0 Å². The molecule has 0 aromatic rings. The van der Waals surface area contributed by atoms with Gasteiger partial charge in [-0.15, -0.1) is 0 Å². The predicted octanol–water partition coefficient (Wildman–Crippen LogP) is -5.88. The molecule has 0 aliphatic carbocycles. The lowest BCUT2D eigenvalue weighted by atomic mass is 10.1. The number of carbonyl (C=O) groups excluding carboxylic acids is 4. The Balaban J connectivity index is 5.03. The number of aliphatic hydroxyl groups excluding tert-OH is 1. The quantitative estimate of drug-likeness (QED) is 0.0549. The second-order valence-corrected chi connectivity index (χ2v) is 6.85. The SMILES string of the molecule is NC(N)=NCCC[C@H](NC(=O)CNC(=O)[C@@H](CC(=O)O)NC(=O)[C@@H](N)CO)C(=O)NCC(=O)O. The van der Waals surface area contributed by atoms with Crippen molar-refractivity contribution < 1.29 is 44.1 Å². The van der Waals surface area contributed by atoms with Gasteiger partial charge in [0.15, 0.2) is 5.96 Å². The van der Waals surface area contributed by atoms with Crippen molar-refractivity contribution in [1.82, 2.24) is 21.3 Å². The molecule has 0 aromatic carbocycles. The van der Waals surface area contributed by atoms with Gasteiger partial charge in [0.2, 0.25) is 23.6 Å². The van der Waals surface area contributed by atoms with Gasteiger partial charge >= 0.3 is 11.9 Å². The molecule has 13 N–H and O–H groups in total. The summed E-state index contributed by atoms with van der Waals surface area (Å²) in [5.41, 5.74) is 15.7. The first-order valence-corrected chi connectivity index (χ1v) is 9.87. The molecule has 4 amide bonds. The summed E-state index contributed by atoms with van der Waals surface area (Å²) in [6.07, 6.45) is -0.561. The van der Waals surface area contributed by atoms with E-state index >= 15 is 0 Å². The maximum absolute atomic E-state index is 12.2. The molecule has 0 heterocycles. The van der Waals surface area contributed by atoms with Crippen LogP contribution < -0.4 is 38.5 Å². The van der Waals surface area contributed by atoms with Gasteiger partial charge in [-0.05, 0) is 12.8 Å². The van der Waals surface area contributed by atoms with Crippen molar-refractivity contribution in [2.75, 3.05) is 26.2 Å². The maximum atomic E-state index is 12.2. The molecule has 3 atom stereocenters. The number of hydrogen-bond donors (Lipinski definition) is 10.